The lowest BCUT2D eigenvalue weighted by Crippen LogP contribution is -2.28. The molecule has 0 unspecified atom stereocenters. The third kappa shape index (κ3) is 4.96. The summed E-state index contributed by atoms with van der Waals surface area (Å²) in [5.41, 5.74) is 0.396. The maximum absolute atomic E-state index is 12.1. The Bertz CT molecular complexity index is 816. The van der Waals surface area contributed by atoms with Crippen LogP contribution in [-0.2, 0) is 9.84 Å². The van der Waals surface area contributed by atoms with Crippen molar-refractivity contribution in [3.8, 4) is 11.5 Å². The van der Waals surface area contributed by atoms with E-state index in [2.05, 4.69) is 5.32 Å². The molecule has 0 aliphatic rings. The number of carbonyl (C=O) groups excluding carboxylic acids is 1. The summed E-state index contributed by atoms with van der Waals surface area (Å²) in [4.78, 5) is 12.3. The number of hydrogen-bond donors (Lipinski definition) is 1. The largest absolute Gasteiger partial charge is 0.493 e. The van der Waals surface area contributed by atoms with Crippen LogP contribution in [0.15, 0.2) is 53.4 Å². The minimum atomic E-state index is -3.26. The molecule has 0 aliphatic carbocycles. The first-order valence-corrected chi connectivity index (χ1v) is 9.50. The van der Waals surface area contributed by atoms with Crippen molar-refractivity contribution in [2.45, 2.75) is 11.8 Å². The Hall–Kier alpha value is -2.54. The van der Waals surface area contributed by atoms with Gasteiger partial charge in [-0.25, -0.2) is 8.42 Å². The summed E-state index contributed by atoms with van der Waals surface area (Å²) in [5.74, 6) is 0.970. The van der Waals surface area contributed by atoms with Gasteiger partial charge in [0.2, 0.25) is 0 Å². The summed E-state index contributed by atoms with van der Waals surface area (Å²) < 4.78 is 34.3. The van der Waals surface area contributed by atoms with Crippen molar-refractivity contribution < 1.29 is 22.7 Å². The molecule has 0 spiro atoms. The fourth-order valence-corrected chi connectivity index (χ4v) is 3.03. The summed E-state index contributed by atoms with van der Waals surface area (Å²) in [5, 5.41) is 2.72. The number of para-hydroxylation sites is 2. The summed E-state index contributed by atoms with van der Waals surface area (Å²) in [7, 11) is -1.70. The number of rotatable bonds is 8. The Morgan fingerprint density at radius 2 is 1.68 bits per heavy atom. The Labute approximate surface area is 147 Å². The quantitative estimate of drug-likeness (QED) is 0.728. The van der Waals surface area contributed by atoms with Gasteiger partial charge in [-0.3, -0.25) is 4.79 Å². The Kier molecular flexibility index (Phi) is 6.41. The topological polar surface area (TPSA) is 81.7 Å². The maximum Gasteiger partial charge on any atom is 0.251 e. The second kappa shape index (κ2) is 8.53. The average Bonchev–Trinajstić information content (AvgIpc) is 2.65. The van der Waals surface area contributed by atoms with Gasteiger partial charge in [-0.05, 0) is 36.4 Å². The second-order valence-corrected chi connectivity index (χ2v) is 7.46. The first kappa shape index (κ1) is 18.8. The molecule has 0 heterocycles. The van der Waals surface area contributed by atoms with Crippen molar-refractivity contribution in [1.29, 1.82) is 0 Å². The molecule has 6 nitrogen and oxygen atoms in total. The van der Waals surface area contributed by atoms with Crippen LogP contribution in [0.2, 0.25) is 0 Å². The molecule has 0 fully saturated rings. The standard InChI is InChI=1S/C18H21NO5S/c1-3-25(21,22)15-10-8-14(9-11-15)18(20)19-12-13-24-17-7-5-4-6-16(17)23-2/h4-11H,3,12-13H2,1-2H3,(H,19,20). The van der Waals surface area contributed by atoms with Gasteiger partial charge in [0.05, 0.1) is 24.3 Å². The molecular weight excluding hydrogens is 342 g/mol. The average molecular weight is 363 g/mol. The molecule has 0 aliphatic heterocycles. The van der Waals surface area contributed by atoms with Crippen molar-refractivity contribution in [2.24, 2.45) is 0 Å². The van der Waals surface area contributed by atoms with Gasteiger partial charge in [0.1, 0.15) is 6.61 Å². The van der Waals surface area contributed by atoms with Crippen molar-refractivity contribution >= 4 is 15.7 Å². The van der Waals surface area contributed by atoms with E-state index in [1.54, 1.807) is 26.2 Å². The number of ether oxygens (including phenoxy) is 2. The number of hydrogen-bond acceptors (Lipinski definition) is 5. The van der Waals surface area contributed by atoms with E-state index in [-0.39, 0.29) is 23.2 Å². The second-order valence-electron chi connectivity index (χ2n) is 5.18. The normalized spacial score (nSPS) is 11.0. The molecule has 7 heteroatoms. The Morgan fingerprint density at radius 1 is 1.04 bits per heavy atom. The molecule has 2 aromatic rings. The van der Waals surface area contributed by atoms with Crippen LogP contribution in [0, 0.1) is 0 Å². The lowest BCUT2D eigenvalue weighted by Gasteiger charge is -2.11. The van der Waals surface area contributed by atoms with Gasteiger partial charge in [0, 0.05) is 5.56 Å². The van der Waals surface area contributed by atoms with Crippen molar-refractivity contribution in [2.75, 3.05) is 26.0 Å². The van der Waals surface area contributed by atoms with E-state index in [9.17, 15) is 13.2 Å². The van der Waals surface area contributed by atoms with Crippen LogP contribution in [0.1, 0.15) is 17.3 Å². The van der Waals surface area contributed by atoms with Gasteiger partial charge >= 0.3 is 0 Å². The van der Waals surface area contributed by atoms with E-state index in [1.807, 2.05) is 12.1 Å². The van der Waals surface area contributed by atoms with E-state index >= 15 is 0 Å². The zero-order valence-corrected chi connectivity index (χ0v) is 15.0. The van der Waals surface area contributed by atoms with Gasteiger partial charge in [0.25, 0.3) is 5.91 Å². The zero-order valence-electron chi connectivity index (χ0n) is 14.2. The van der Waals surface area contributed by atoms with E-state index in [1.165, 1.54) is 24.3 Å². The number of sulfone groups is 1. The summed E-state index contributed by atoms with van der Waals surface area (Å²) in [6, 6.07) is 13.1. The smallest absolute Gasteiger partial charge is 0.251 e. The predicted octanol–water partition coefficient (Wildman–Crippen LogP) is 2.30. The van der Waals surface area contributed by atoms with Crippen LogP contribution < -0.4 is 14.8 Å². The highest BCUT2D eigenvalue weighted by atomic mass is 32.2. The van der Waals surface area contributed by atoms with Gasteiger partial charge < -0.3 is 14.8 Å². The molecular formula is C18H21NO5S. The predicted molar refractivity (Wildman–Crippen MR) is 95.0 cm³/mol. The molecule has 0 saturated carbocycles. The highest BCUT2D eigenvalue weighted by molar-refractivity contribution is 7.91. The van der Waals surface area contributed by atoms with Gasteiger partial charge in [-0.1, -0.05) is 19.1 Å². The third-order valence-corrected chi connectivity index (χ3v) is 5.32. The number of nitrogens with one attached hydrogen (secondary N) is 1. The molecule has 2 rings (SSSR count). The minimum absolute atomic E-state index is 0.0266. The van der Waals surface area contributed by atoms with Crippen LogP contribution in [0.5, 0.6) is 11.5 Å². The van der Waals surface area contributed by atoms with Gasteiger partial charge in [-0.2, -0.15) is 0 Å². The summed E-state index contributed by atoms with van der Waals surface area (Å²) >= 11 is 0. The molecule has 0 radical (unpaired) electrons. The van der Waals surface area contributed by atoms with Crippen LogP contribution >= 0.6 is 0 Å². The van der Waals surface area contributed by atoms with Gasteiger partial charge in [-0.15, -0.1) is 0 Å². The first-order chi connectivity index (χ1) is 12.0. The molecule has 134 valence electrons. The van der Waals surface area contributed by atoms with Crippen LogP contribution in [0.3, 0.4) is 0 Å². The monoisotopic (exact) mass is 363 g/mol. The molecule has 2 aromatic carbocycles. The van der Waals surface area contributed by atoms with Gasteiger partial charge in [0.15, 0.2) is 21.3 Å². The van der Waals surface area contributed by atoms with Crippen molar-refractivity contribution in [3.63, 3.8) is 0 Å². The molecule has 0 aromatic heterocycles. The summed E-state index contributed by atoms with van der Waals surface area (Å²) in [6.45, 7) is 2.18. The SMILES string of the molecule is CCS(=O)(=O)c1ccc(C(=O)NCCOc2ccccc2OC)cc1. The van der Waals surface area contributed by atoms with Crippen LogP contribution in [-0.4, -0.2) is 40.3 Å². The van der Waals surface area contributed by atoms with Crippen LogP contribution in [0.25, 0.3) is 0 Å². The molecule has 0 atom stereocenters. The number of carbonyl (C=O) groups is 1. The molecule has 0 bridgehead atoms. The lowest BCUT2D eigenvalue weighted by molar-refractivity contribution is 0.0946. The van der Waals surface area contributed by atoms with Crippen molar-refractivity contribution in [3.05, 3.63) is 54.1 Å². The highest BCUT2D eigenvalue weighted by Crippen LogP contribution is 2.25. The van der Waals surface area contributed by atoms with E-state index < -0.39 is 9.84 Å². The maximum atomic E-state index is 12.1. The molecule has 0 saturated heterocycles. The number of amides is 1. The van der Waals surface area contributed by atoms with Crippen LogP contribution in [0.4, 0.5) is 0 Å². The minimum Gasteiger partial charge on any atom is -0.493 e. The highest BCUT2D eigenvalue weighted by Gasteiger charge is 2.12. The fourth-order valence-electron chi connectivity index (χ4n) is 2.15. The van der Waals surface area contributed by atoms with E-state index in [4.69, 9.17) is 9.47 Å². The molecule has 1 N–H and O–H groups in total. The Balaban J connectivity index is 1.86. The van der Waals surface area contributed by atoms with Crippen molar-refractivity contribution in [1.82, 2.24) is 5.32 Å². The van der Waals surface area contributed by atoms with E-state index in [0.29, 0.717) is 23.6 Å². The lowest BCUT2D eigenvalue weighted by atomic mass is 10.2. The summed E-state index contributed by atoms with van der Waals surface area (Å²) in [6.07, 6.45) is 0. The Morgan fingerprint density at radius 3 is 2.28 bits per heavy atom. The third-order valence-electron chi connectivity index (χ3n) is 3.57. The zero-order chi connectivity index (χ0) is 18.3. The number of methoxy groups -OCH3 is 1. The molecule has 1 amide bonds. The van der Waals surface area contributed by atoms with E-state index in [0.717, 1.165) is 0 Å². The number of benzene rings is 2. The molecule has 25 heavy (non-hydrogen) atoms. The first-order valence-electron chi connectivity index (χ1n) is 7.84. The fraction of sp³-hybridized carbons (Fsp3) is 0.278.